The number of benzene rings is 1. The molecule has 0 spiro atoms. The Hall–Kier alpha value is -1.67. The number of pyridine rings is 1. The highest BCUT2D eigenvalue weighted by Gasteiger charge is 2.05. The first kappa shape index (κ1) is 8.91. The van der Waals surface area contributed by atoms with Crippen molar-refractivity contribution in [2.24, 2.45) is 5.73 Å². The van der Waals surface area contributed by atoms with Gasteiger partial charge in [0.05, 0.1) is 5.52 Å². The minimum absolute atomic E-state index is 0.122. The largest absolute Gasteiger partial charge is 0.321 e. The van der Waals surface area contributed by atoms with Gasteiger partial charge in [-0.25, -0.2) is 0 Å². The molecule has 70 valence electrons. The molecule has 0 bridgehead atoms. The van der Waals surface area contributed by atoms with E-state index in [1.54, 1.807) is 12.3 Å². The molecule has 0 fully saturated rings. The second-order valence-corrected chi connectivity index (χ2v) is 3.18. The molecule has 0 radical (unpaired) electrons. The molecule has 0 amide bonds. The van der Waals surface area contributed by atoms with Crippen LogP contribution >= 0.6 is 0 Å². The van der Waals surface area contributed by atoms with Crippen LogP contribution in [0.3, 0.4) is 0 Å². The van der Waals surface area contributed by atoms with E-state index in [-0.39, 0.29) is 6.04 Å². The second kappa shape index (κ2) is 3.60. The van der Waals surface area contributed by atoms with Gasteiger partial charge >= 0.3 is 0 Å². The molecule has 0 aliphatic rings. The van der Waals surface area contributed by atoms with Crippen LogP contribution in [0.4, 0.5) is 0 Å². The highest BCUT2D eigenvalue weighted by Crippen LogP contribution is 2.21. The van der Waals surface area contributed by atoms with Crippen molar-refractivity contribution < 1.29 is 0 Å². The molecule has 0 saturated heterocycles. The lowest BCUT2D eigenvalue weighted by molar-refractivity contribution is 0.922. The smallest absolute Gasteiger partial charge is 0.0705 e. The van der Waals surface area contributed by atoms with Crippen LogP contribution in [-0.2, 0) is 0 Å². The molecule has 1 atom stereocenters. The summed E-state index contributed by atoms with van der Waals surface area (Å²) in [6, 6.07) is 9.79. The third-order valence-electron chi connectivity index (χ3n) is 2.30. The maximum absolute atomic E-state index is 5.91. The average Bonchev–Trinajstić information content (AvgIpc) is 2.27. The summed E-state index contributed by atoms with van der Waals surface area (Å²) in [4.78, 5) is 4.27. The van der Waals surface area contributed by atoms with E-state index in [1.165, 1.54) is 0 Å². The van der Waals surface area contributed by atoms with Crippen molar-refractivity contribution in [3.63, 3.8) is 0 Å². The first-order valence-electron chi connectivity index (χ1n) is 4.54. The van der Waals surface area contributed by atoms with E-state index in [0.717, 1.165) is 16.5 Å². The number of hydrogen-bond donors (Lipinski definition) is 1. The van der Waals surface area contributed by atoms with E-state index in [4.69, 9.17) is 5.73 Å². The highest BCUT2D eigenvalue weighted by atomic mass is 14.7. The predicted molar refractivity (Wildman–Crippen MR) is 58.9 cm³/mol. The van der Waals surface area contributed by atoms with Crippen LogP contribution in [0.15, 0.2) is 49.2 Å². The molecule has 2 heteroatoms. The molecule has 1 heterocycles. The van der Waals surface area contributed by atoms with E-state index >= 15 is 0 Å². The predicted octanol–water partition coefficient (Wildman–Crippen LogP) is 2.42. The minimum Gasteiger partial charge on any atom is -0.321 e. The van der Waals surface area contributed by atoms with Gasteiger partial charge < -0.3 is 5.73 Å². The number of hydrogen-bond acceptors (Lipinski definition) is 2. The Morgan fingerprint density at radius 1 is 1.29 bits per heavy atom. The summed E-state index contributed by atoms with van der Waals surface area (Å²) in [5.74, 6) is 0. The fraction of sp³-hybridized carbons (Fsp3) is 0.0833. The quantitative estimate of drug-likeness (QED) is 0.728. The molecule has 0 aliphatic carbocycles. The van der Waals surface area contributed by atoms with Crippen molar-refractivity contribution in [2.45, 2.75) is 6.04 Å². The fourth-order valence-electron chi connectivity index (χ4n) is 1.54. The summed E-state index contributed by atoms with van der Waals surface area (Å²) in [6.45, 7) is 3.70. The normalized spacial score (nSPS) is 12.6. The lowest BCUT2D eigenvalue weighted by Gasteiger charge is -2.09. The van der Waals surface area contributed by atoms with Crippen LogP contribution < -0.4 is 5.73 Å². The van der Waals surface area contributed by atoms with Gasteiger partial charge in [-0.3, -0.25) is 4.98 Å². The average molecular weight is 184 g/mol. The van der Waals surface area contributed by atoms with Crippen LogP contribution in [0.25, 0.3) is 10.9 Å². The van der Waals surface area contributed by atoms with Crippen molar-refractivity contribution >= 4 is 10.9 Å². The monoisotopic (exact) mass is 184 g/mol. The fourth-order valence-corrected chi connectivity index (χ4v) is 1.54. The van der Waals surface area contributed by atoms with Crippen molar-refractivity contribution in [1.82, 2.24) is 4.98 Å². The lowest BCUT2D eigenvalue weighted by atomic mass is 10.0. The summed E-state index contributed by atoms with van der Waals surface area (Å²) in [7, 11) is 0. The van der Waals surface area contributed by atoms with E-state index in [1.807, 2.05) is 30.3 Å². The van der Waals surface area contributed by atoms with Crippen molar-refractivity contribution in [2.75, 3.05) is 0 Å². The maximum atomic E-state index is 5.91. The lowest BCUT2D eigenvalue weighted by Crippen LogP contribution is -2.07. The van der Waals surface area contributed by atoms with Crippen molar-refractivity contribution in [3.05, 3.63) is 54.7 Å². The van der Waals surface area contributed by atoms with E-state index in [2.05, 4.69) is 11.6 Å². The Kier molecular flexibility index (Phi) is 2.29. The molecule has 1 aromatic carbocycles. The molecular formula is C12H12N2. The Labute approximate surface area is 83.1 Å². The molecule has 1 aromatic heterocycles. The van der Waals surface area contributed by atoms with Crippen LogP contribution in [0.2, 0.25) is 0 Å². The number of aromatic nitrogens is 1. The van der Waals surface area contributed by atoms with Crippen LogP contribution in [0.5, 0.6) is 0 Å². The van der Waals surface area contributed by atoms with Gasteiger partial charge in [-0.15, -0.1) is 6.58 Å². The Bertz CT molecular complexity index is 457. The van der Waals surface area contributed by atoms with Crippen LogP contribution in [-0.4, -0.2) is 4.98 Å². The Morgan fingerprint density at radius 3 is 2.86 bits per heavy atom. The number of nitrogens with two attached hydrogens (primary N) is 1. The first-order chi connectivity index (χ1) is 6.83. The van der Waals surface area contributed by atoms with Crippen LogP contribution in [0, 0.1) is 0 Å². The second-order valence-electron chi connectivity index (χ2n) is 3.18. The Morgan fingerprint density at radius 2 is 2.07 bits per heavy atom. The zero-order chi connectivity index (χ0) is 9.97. The summed E-state index contributed by atoms with van der Waals surface area (Å²) in [5.41, 5.74) is 7.96. The molecule has 2 nitrogen and oxygen atoms in total. The van der Waals surface area contributed by atoms with Gasteiger partial charge in [0.25, 0.3) is 0 Å². The number of fused-ring (bicyclic) bond motifs is 1. The van der Waals surface area contributed by atoms with Gasteiger partial charge in [0.1, 0.15) is 0 Å². The summed E-state index contributed by atoms with van der Waals surface area (Å²) < 4.78 is 0. The zero-order valence-corrected chi connectivity index (χ0v) is 7.85. The van der Waals surface area contributed by atoms with Crippen LogP contribution in [0.1, 0.15) is 11.6 Å². The highest BCUT2D eigenvalue weighted by molar-refractivity contribution is 5.82. The van der Waals surface area contributed by atoms with Gasteiger partial charge in [-0.2, -0.15) is 0 Å². The third kappa shape index (κ3) is 1.40. The molecule has 2 aromatic rings. The van der Waals surface area contributed by atoms with Gasteiger partial charge in [0.2, 0.25) is 0 Å². The molecule has 2 rings (SSSR count). The van der Waals surface area contributed by atoms with Crippen molar-refractivity contribution in [3.8, 4) is 0 Å². The molecule has 0 unspecified atom stereocenters. The minimum atomic E-state index is -0.122. The summed E-state index contributed by atoms with van der Waals surface area (Å²) >= 11 is 0. The molecular weight excluding hydrogens is 172 g/mol. The van der Waals surface area contributed by atoms with Gasteiger partial charge in [-0.1, -0.05) is 24.3 Å². The van der Waals surface area contributed by atoms with E-state index in [0.29, 0.717) is 0 Å². The number of nitrogens with zero attached hydrogens (tertiary/aromatic N) is 1. The standard InChI is InChI=1S/C12H12N2/c1-2-11(13)9-7-8-14-12-6-4-3-5-10(9)12/h2-8,11H,1,13H2/t11-/m0/s1. The van der Waals surface area contributed by atoms with E-state index < -0.39 is 0 Å². The van der Waals surface area contributed by atoms with Gasteiger partial charge in [0, 0.05) is 17.6 Å². The molecule has 14 heavy (non-hydrogen) atoms. The van der Waals surface area contributed by atoms with E-state index in [9.17, 15) is 0 Å². The number of para-hydroxylation sites is 1. The van der Waals surface area contributed by atoms with Gasteiger partial charge in [-0.05, 0) is 17.7 Å². The molecule has 0 saturated carbocycles. The SMILES string of the molecule is C=C[C@H](N)c1ccnc2ccccc12. The zero-order valence-electron chi connectivity index (χ0n) is 7.85. The maximum Gasteiger partial charge on any atom is 0.0705 e. The Balaban J connectivity index is 2.70. The summed E-state index contributed by atoms with van der Waals surface area (Å²) in [5, 5.41) is 1.10. The molecule has 0 aliphatic heterocycles. The van der Waals surface area contributed by atoms with Gasteiger partial charge in [0.15, 0.2) is 0 Å². The summed E-state index contributed by atoms with van der Waals surface area (Å²) in [6.07, 6.45) is 3.52. The third-order valence-corrected chi connectivity index (χ3v) is 2.30. The number of rotatable bonds is 2. The van der Waals surface area contributed by atoms with Crippen molar-refractivity contribution in [1.29, 1.82) is 0 Å². The first-order valence-corrected chi connectivity index (χ1v) is 4.54. The topological polar surface area (TPSA) is 38.9 Å². The molecule has 2 N–H and O–H groups in total.